The summed E-state index contributed by atoms with van der Waals surface area (Å²) in [5.74, 6) is -0.208. The van der Waals surface area contributed by atoms with Gasteiger partial charge in [-0.3, -0.25) is 0 Å². The van der Waals surface area contributed by atoms with Gasteiger partial charge in [0.05, 0.1) is 5.52 Å². The third kappa shape index (κ3) is 3.17. The first-order chi connectivity index (χ1) is 12.5. The molecule has 3 aromatic rings. The number of halogens is 2. The summed E-state index contributed by atoms with van der Waals surface area (Å²) in [4.78, 5) is 2.36. The second-order valence-electron chi connectivity index (χ2n) is 7.08. The van der Waals surface area contributed by atoms with E-state index in [0.29, 0.717) is 0 Å². The van der Waals surface area contributed by atoms with E-state index in [1.807, 2.05) is 19.1 Å². The molecule has 0 spiro atoms. The first kappa shape index (κ1) is 17.3. The molecule has 0 bridgehead atoms. The third-order valence-electron chi connectivity index (χ3n) is 5.26. The van der Waals surface area contributed by atoms with Gasteiger partial charge in [0.15, 0.2) is 0 Å². The molecule has 134 valence electrons. The maximum atomic E-state index is 13.6. The Morgan fingerprint density at radius 2 is 1.92 bits per heavy atom. The number of rotatable bonds is 2. The van der Waals surface area contributed by atoms with Crippen LogP contribution in [0.5, 0.6) is 0 Å². The zero-order chi connectivity index (χ0) is 18.3. The van der Waals surface area contributed by atoms with Crippen molar-refractivity contribution < 1.29 is 4.39 Å². The van der Waals surface area contributed by atoms with Gasteiger partial charge in [-0.15, -0.1) is 0 Å². The number of aromatic nitrogens is 1. The Morgan fingerprint density at radius 3 is 2.73 bits per heavy atom. The van der Waals surface area contributed by atoms with Gasteiger partial charge in [0.1, 0.15) is 5.82 Å². The summed E-state index contributed by atoms with van der Waals surface area (Å²) < 4.78 is 15.9. The third-order valence-corrected chi connectivity index (χ3v) is 5.49. The van der Waals surface area contributed by atoms with Crippen LogP contribution in [0.2, 0.25) is 5.02 Å². The van der Waals surface area contributed by atoms with Crippen molar-refractivity contribution in [1.29, 1.82) is 0 Å². The van der Waals surface area contributed by atoms with Crippen LogP contribution >= 0.6 is 11.6 Å². The van der Waals surface area contributed by atoms with Gasteiger partial charge in [-0.25, -0.2) is 4.39 Å². The summed E-state index contributed by atoms with van der Waals surface area (Å²) in [6, 6.07) is 12.9. The minimum absolute atomic E-state index is 0.208. The van der Waals surface area contributed by atoms with Crippen LogP contribution in [0.4, 0.5) is 4.39 Å². The lowest BCUT2D eigenvalue weighted by molar-refractivity contribution is 0.351. The minimum Gasteiger partial charge on any atom is -0.320 e. The lowest BCUT2D eigenvalue weighted by Gasteiger charge is -2.13. The highest BCUT2D eigenvalue weighted by atomic mass is 35.5. The summed E-state index contributed by atoms with van der Waals surface area (Å²) in [5, 5.41) is 1.99. The van der Waals surface area contributed by atoms with E-state index < -0.39 is 0 Å². The number of hydrogen-bond acceptors (Lipinski definition) is 1. The number of allylic oxidation sites excluding steroid dienone is 1. The summed E-state index contributed by atoms with van der Waals surface area (Å²) in [7, 11) is 2.17. The van der Waals surface area contributed by atoms with Crippen molar-refractivity contribution in [3.63, 3.8) is 0 Å². The molecule has 2 nitrogen and oxygen atoms in total. The van der Waals surface area contributed by atoms with Crippen LogP contribution in [0.3, 0.4) is 0 Å². The predicted octanol–water partition coefficient (Wildman–Crippen LogP) is 5.48. The molecule has 1 aromatic heterocycles. The van der Waals surface area contributed by atoms with Crippen LogP contribution in [0.1, 0.15) is 23.7 Å². The van der Waals surface area contributed by atoms with E-state index in [9.17, 15) is 4.39 Å². The van der Waals surface area contributed by atoms with Crippen molar-refractivity contribution in [2.24, 2.45) is 0 Å². The fourth-order valence-corrected chi connectivity index (χ4v) is 3.99. The van der Waals surface area contributed by atoms with Crippen LogP contribution < -0.4 is 0 Å². The molecule has 4 heteroatoms. The van der Waals surface area contributed by atoms with Gasteiger partial charge in [-0.1, -0.05) is 23.7 Å². The molecule has 1 aliphatic heterocycles. The van der Waals surface area contributed by atoms with Crippen LogP contribution in [0.15, 0.2) is 42.5 Å². The molecule has 0 N–H and O–H groups in total. The van der Waals surface area contributed by atoms with Gasteiger partial charge in [0.2, 0.25) is 0 Å². The van der Waals surface area contributed by atoms with Gasteiger partial charge in [-0.05, 0) is 67.4 Å². The Kier molecular flexibility index (Phi) is 4.60. The normalized spacial score (nSPS) is 15.9. The Balaban J connectivity index is 1.90. The Morgan fingerprint density at radius 1 is 1.12 bits per heavy atom. The first-order valence-electron chi connectivity index (χ1n) is 8.97. The van der Waals surface area contributed by atoms with Crippen LogP contribution in [-0.4, -0.2) is 29.6 Å². The van der Waals surface area contributed by atoms with Crippen molar-refractivity contribution in [2.75, 3.05) is 20.1 Å². The minimum atomic E-state index is -0.208. The monoisotopic (exact) mass is 368 g/mol. The lowest BCUT2D eigenvalue weighted by Crippen LogP contribution is -2.21. The van der Waals surface area contributed by atoms with Crippen LogP contribution in [-0.2, 0) is 12.8 Å². The maximum Gasteiger partial charge on any atom is 0.123 e. The fraction of sp³-hybridized carbons (Fsp3) is 0.273. The highest BCUT2D eigenvalue weighted by Crippen LogP contribution is 2.32. The van der Waals surface area contributed by atoms with E-state index >= 15 is 0 Å². The number of nitrogens with zero attached hydrogens (tertiary/aromatic N) is 2. The summed E-state index contributed by atoms with van der Waals surface area (Å²) in [6.07, 6.45) is 4.14. The molecule has 0 saturated heterocycles. The van der Waals surface area contributed by atoms with E-state index in [2.05, 4.69) is 34.8 Å². The van der Waals surface area contributed by atoms with Crippen molar-refractivity contribution in [2.45, 2.75) is 19.8 Å². The maximum absolute atomic E-state index is 13.6. The zero-order valence-electron chi connectivity index (χ0n) is 15.1. The Labute approximate surface area is 158 Å². The molecule has 2 aromatic carbocycles. The van der Waals surface area contributed by atoms with Crippen LogP contribution in [0, 0.1) is 5.82 Å². The Bertz CT molecular complexity index is 1000. The van der Waals surface area contributed by atoms with Crippen molar-refractivity contribution in [3.8, 4) is 0 Å². The molecule has 0 aliphatic carbocycles. The smallest absolute Gasteiger partial charge is 0.123 e. The number of fused-ring (bicyclic) bond motifs is 3. The predicted molar refractivity (Wildman–Crippen MR) is 108 cm³/mol. The van der Waals surface area contributed by atoms with E-state index in [0.717, 1.165) is 42.1 Å². The molecule has 2 heterocycles. The SMILES string of the molecule is C/C(=C\n1c2c(c3cc(Cl)ccc31)CCN(C)CC2)c1cccc(F)c1. The summed E-state index contributed by atoms with van der Waals surface area (Å²) >= 11 is 6.28. The molecular formula is C22H22ClFN2. The van der Waals surface area contributed by atoms with Crippen LogP contribution in [0.25, 0.3) is 22.7 Å². The Hall–Kier alpha value is -2.10. The van der Waals surface area contributed by atoms with Gasteiger partial charge < -0.3 is 9.47 Å². The van der Waals surface area contributed by atoms with Crippen molar-refractivity contribution in [1.82, 2.24) is 9.47 Å². The highest BCUT2D eigenvalue weighted by molar-refractivity contribution is 6.31. The highest BCUT2D eigenvalue weighted by Gasteiger charge is 2.20. The average molecular weight is 369 g/mol. The lowest BCUT2D eigenvalue weighted by atomic mass is 10.1. The topological polar surface area (TPSA) is 8.17 Å². The van der Waals surface area contributed by atoms with Gasteiger partial charge in [0.25, 0.3) is 0 Å². The van der Waals surface area contributed by atoms with Gasteiger partial charge >= 0.3 is 0 Å². The van der Waals surface area contributed by atoms with Crippen molar-refractivity contribution >= 4 is 34.3 Å². The average Bonchev–Trinajstić information content (AvgIpc) is 2.75. The quantitative estimate of drug-likeness (QED) is 0.581. The first-order valence-corrected chi connectivity index (χ1v) is 9.35. The van der Waals surface area contributed by atoms with Gasteiger partial charge in [-0.2, -0.15) is 0 Å². The van der Waals surface area contributed by atoms with E-state index in [1.54, 1.807) is 12.1 Å². The fourth-order valence-electron chi connectivity index (χ4n) is 3.82. The van der Waals surface area contributed by atoms with Gasteiger partial charge in [0, 0.05) is 41.8 Å². The molecule has 0 unspecified atom stereocenters. The molecule has 1 aliphatic rings. The second-order valence-corrected chi connectivity index (χ2v) is 7.52. The summed E-state index contributed by atoms with van der Waals surface area (Å²) in [6.45, 7) is 4.11. The zero-order valence-corrected chi connectivity index (χ0v) is 15.9. The number of likely N-dealkylation sites (N-methyl/N-ethyl adjacent to an activating group) is 1. The molecule has 0 amide bonds. The molecule has 0 fully saturated rings. The van der Waals surface area contributed by atoms with E-state index in [4.69, 9.17) is 11.6 Å². The molecule has 0 saturated carbocycles. The van der Waals surface area contributed by atoms with E-state index in [1.165, 1.54) is 28.2 Å². The number of benzene rings is 2. The summed E-state index contributed by atoms with van der Waals surface area (Å²) in [5.41, 5.74) is 5.83. The molecule has 26 heavy (non-hydrogen) atoms. The van der Waals surface area contributed by atoms with E-state index in [-0.39, 0.29) is 5.82 Å². The standard InChI is InChI=1S/C22H22ClFN2/c1-15(16-4-3-5-18(24)12-16)14-26-21-7-6-17(23)13-20(21)19-8-10-25(2)11-9-22(19)26/h3-7,12-14H,8-11H2,1-2H3/b15-14+. The number of hydrogen-bond donors (Lipinski definition) is 0. The van der Waals surface area contributed by atoms with Crippen molar-refractivity contribution in [3.05, 3.63) is 70.1 Å². The molecule has 0 radical (unpaired) electrons. The molecule has 4 rings (SSSR count). The largest absolute Gasteiger partial charge is 0.320 e. The molecule has 0 atom stereocenters. The second kappa shape index (κ2) is 6.90. The molecular weight excluding hydrogens is 347 g/mol.